The Morgan fingerprint density at radius 3 is 2.67 bits per heavy atom. The molecule has 0 fully saturated rings. The van der Waals surface area contributed by atoms with E-state index < -0.39 is 5.03 Å². The van der Waals surface area contributed by atoms with E-state index in [4.69, 9.17) is 11.6 Å². The van der Waals surface area contributed by atoms with Gasteiger partial charge in [0.15, 0.2) is 4.91 Å². The maximum atomic E-state index is 9.76. The van der Waals surface area contributed by atoms with Gasteiger partial charge in [-0.2, -0.15) is 0 Å². The first kappa shape index (κ1) is 5.89. The van der Waals surface area contributed by atoms with Crippen LogP contribution in [-0.4, -0.2) is 25.3 Å². The number of hydrogen-bond acceptors (Lipinski definition) is 5. The second-order valence-corrected chi connectivity index (χ2v) is 1.40. The highest BCUT2D eigenvalue weighted by atomic mass is 35.5. The van der Waals surface area contributed by atoms with E-state index in [1.54, 1.807) is 0 Å². The van der Waals surface area contributed by atoms with Gasteiger partial charge in [-0.1, -0.05) is 0 Å². The van der Waals surface area contributed by atoms with Crippen LogP contribution in [0.3, 0.4) is 0 Å². The Balaban J connectivity index is 2.98. The molecule has 0 saturated heterocycles. The van der Waals surface area contributed by atoms with Crippen molar-refractivity contribution in [3.63, 3.8) is 0 Å². The van der Waals surface area contributed by atoms with Crippen molar-refractivity contribution < 1.29 is 5.03 Å². The maximum Gasteiger partial charge on any atom is 0.361 e. The molecular weight excluding hydrogens is 149 g/mol. The van der Waals surface area contributed by atoms with E-state index in [1.807, 2.05) is 0 Å². The monoisotopic (exact) mass is 149 g/mol. The van der Waals surface area contributed by atoms with Gasteiger partial charge in [-0.25, -0.2) is 0 Å². The van der Waals surface area contributed by atoms with Gasteiger partial charge in [-0.15, -0.1) is 0 Å². The van der Waals surface area contributed by atoms with Gasteiger partial charge in [0, 0.05) is 10.1 Å². The van der Waals surface area contributed by atoms with Gasteiger partial charge in [0.05, 0.1) is 5.10 Å². The highest BCUT2D eigenvalue weighted by Gasteiger charge is 2.08. The predicted octanol–water partition coefficient (Wildman–Crippen LogP) is -0.634. The molecule has 1 rings (SSSR count). The van der Waals surface area contributed by atoms with Crippen LogP contribution in [0.2, 0.25) is 5.28 Å². The first-order valence-corrected chi connectivity index (χ1v) is 2.18. The summed E-state index contributed by atoms with van der Waals surface area (Å²) in [6.45, 7) is 0. The summed E-state index contributed by atoms with van der Waals surface area (Å²) in [7, 11) is 0. The fourth-order valence-electron chi connectivity index (χ4n) is 0.260. The Morgan fingerprint density at radius 2 is 2.44 bits per heavy atom. The third-order valence-corrected chi connectivity index (χ3v) is 0.676. The molecule has 1 aromatic heterocycles. The summed E-state index contributed by atoms with van der Waals surface area (Å²) in [6.07, 6.45) is 0. The molecule has 0 bridgehead atoms. The lowest BCUT2D eigenvalue weighted by Crippen LogP contribution is -2.11. The van der Waals surface area contributed by atoms with Gasteiger partial charge in [-0.05, 0) is 11.6 Å². The minimum Gasteiger partial charge on any atom is -0.372 e. The normalized spacial score (nSPS) is 9.44. The lowest BCUT2D eigenvalue weighted by Gasteiger charge is -1.83. The van der Waals surface area contributed by atoms with Crippen molar-refractivity contribution in [1.29, 1.82) is 0 Å². The molecule has 9 heavy (non-hydrogen) atoms. The molecule has 48 valence electrons. The molecule has 0 aliphatic rings. The summed E-state index contributed by atoms with van der Waals surface area (Å²) in [5, 5.41) is 17.7. The Kier molecular flexibility index (Phi) is 1.27. The molecule has 0 N–H and O–H groups in total. The van der Waals surface area contributed by atoms with E-state index in [2.05, 4.69) is 15.4 Å². The molecule has 0 aliphatic heterocycles. The number of rotatable bonds is 1. The van der Waals surface area contributed by atoms with Crippen molar-refractivity contribution in [2.24, 2.45) is 0 Å². The Morgan fingerprint density at radius 1 is 1.78 bits per heavy atom. The van der Waals surface area contributed by atoms with Crippen molar-refractivity contribution in [3.05, 3.63) is 15.4 Å². The van der Waals surface area contributed by atoms with Crippen LogP contribution in [0.1, 0.15) is 0 Å². The van der Waals surface area contributed by atoms with Crippen LogP contribution in [0, 0.1) is 10.1 Å². The number of tetrazole rings is 1. The second kappa shape index (κ2) is 1.94. The number of aromatic nitrogens is 4. The highest BCUT2D eigenvalue weighted by molar-refractivity contribution is 6.28. The lowest BCUT2D eigenvalue weighted by molar-refractivity contribution is -0.564. The van der Waals surface area contributed by atoms with E-state index in [1.165, 1.54) is 0 Å². The minimum absolute atomic E-state index is 0.183. The molecule has 0 radical (unpaired) electrons. The third-order valence-electron chi connectivity index (χ3n) is 0.525. The highest BCUT2D eigenvalue weighted by Crippen LogP contribution is 1.91. The molecule has 1 aromatic rings. The smallest absolute Gasteiger partial charge is 0.361 e. The molecule has 0 unspecified atom stereocenters. The third kappa shape index (κ3) is 1.11. The van der Waals surface area contributed by atoms with Gasteiger partial charge in [0.25, 0.3) is 0 Å². The van der Waals surface area contributed by atoms with Crippen LogP contribution in [0.4, 0.5) is 0 Å². The number of nitrogens with zero attached hydrogens (tertiary/aromatic N) is 5. The summed E-state index contributed by atoms with van der Waals surface area (Å²) in [6, 6.07) is 0. The Bertz CT molecular complexity index is 231. The summed E-state index contributed by atoms with van der Waals surface area (Å²) < 4.78 is 0. The largest absolute Gasteiger partial charge is 0.372 e. The molecule has 8 heteroatoms. The maximum absolute atomic E-state index is 9.76. The van der Waals surface area contributed by atoms with Crippen LogP contribution in [0.25, 0.3) is 0 Å². The van der Waals surface area contributed by atoms with E-state index in [9.17, 15) is 10.1 Å². The molecule has 1 heterocycles. The zero-order valence-electron chi connectivity index (χ0n) is 3.93. The molecule has 0 amide bonds. The average Bonchev–Trinajstić information content (AvgIpc) is 2.14. The van der Waals surface area contributed by atoms with Crippen LogP contribution >= 0.6 is 11.6 Å². The fourth-order valence-corrected chi connectivity index (χ4v) is 0.361. The molecule has 0 aromatic carbocycles. The topological polar surface area (TPSA) is 86.7 Å². The van der Waals surface area contributed by atoms with Crippen molar-refractivity contribution in [3.8, 4) is 0 Å². The molecule has 0 saturated carbocycles. The fraction of sp³-hybridized carbons (Fsp3) is 0. The van der Waals surface area contributed by atoms with Crippen molar-refractivity contribution in [2.75, 3.05) is 0 Å². The SMILES string of the molecule is O=[N+]([O-])n1nnc(Cl)n1. The molecular formula is CClN5O2. The van der Waals surface area contributed by atoms with Crippen molar-refractivity contribution in [2.45, 2.75) is 0 Å². The lowest BCUT2D eigenvalue weighted by atomic mass is 11.4. The summed E-state index contributed by atoms with van der Waals surface area (Å²) in [5.74, 6) is 0. The van der Waals surface area contributed by atoms with Gasteiger partial charge < -0.3 is 10.1 Å². The summed E-state index contributed by atoms with van der Waals surface area (Å²) in [4.78, 5) is 9.94. The molecule has 0 spiro atoms. The molecule has 7 nitrogen and oxygen atoms in total. The summed E-state index contributed by atoms with van der Waals surface area (Å²) >= 11 is 5.09. The van der Waals surface area contributed by atoms with Gasteiger partial charge in [0.1, 0.15) is 5.21 Å². The predicted molar refractivity (Wildman–Crippen MR) is 25.2 cm³/mol. The van der Waals surface area contributed by atoms with E-state index in [-0.39, 0.29) is 10.2 Å². The van der Waals surface area contributed by atoms with Gasteiger partial charge >= 0.3 is 5.28 Å². The molecule has 0 aliphatic carbocycles. The van der Waals surface area contributed by atoms with Crippen LogP contribution < -0.4 is 0 Å². The van der Waals surface area contributed by atoms with E-state index in [0.29, 0.717) is 0 Å². The number of hydrogen-bond donors (Lipinski definition) is 0. The number of nitro groups is 1. The zero-order chi connectivity index (χ0) is 6.85. The zero-order valence-corrected chi connectivity index (χ0v) is 4.69. The van der Waals surface area contributed by atoms with Gasteiger partial charge in [0.2, 0.25) is 0 Å². The van der Waals surface area contributed by atoms with Crippen LogP contribution in [0.5, 0.6) is 0 Å². The van der Waals surface area contributed by atoms with E-state index >= 15 is 0 Å². The average molecular weight is 149 g/mol. The summed E-state index contributed by atoms with van der Waals surface area (Å²) in [5.41, 5.74) is 0. The first-order valence-electron chi connectivity index (χ1n) is 1.80. The van der Waals surface area contributed by atoms with E-state index in [0.717, 1.165) is 0 Å². The first-order chi connectivity index (χ1) is 4.20. The van der Waals surface area contributed by atoms with Crippen molar-refractivity contribution in [1.82, 2.24) is 20.3 Å². The molecule has 0 atom stereocenters. The standard InChI is InChI=1S/CClN5O2/c2-1-3-5-6(4-1)7(8)9. The van der Waals surface area contributed by atoms with Crippen LogP contribution in [0.15, 0.2) is 0 Å². The Labute approximate surface area is 53.3 Å². The Hall–Kier alpha value is -1.24. The quantitative estimate of drug-likeness (QED) is 0.392. The van der Waals surface area contributed by atoms with Crippen molar-refractivity contribution >= 4 is 11.6 Å². The minimum atomic E-state index is -0.848. The second-order valence-electron chi connectivity index (χ2n) is 1.06. The van der Waals surface area contributed by atoms with Crippen LogP contribution in [-0.2, 0) is 0 Å². The number of halogens is 1. The van der Waals surface area contributed by atoms with Gasteiger partial charge in [-0.3, -0.25) is 0 Å².